The van der Waals surface area contributed by atoms with E-state index >= 15 is 0 Å². The van der Waals surface area contributed by atoms with Crippen LogP contribution in [0.25, 0.3) is 11.5 Å². The lowest BCUT2D eigenvalue weighted by Gasteiger charge is -2.03. The molecule has 0 aliphatic rings. The van der Waals surface area contributed by atoms with Crippen LogP contribution in [0.15, 0.2) is 65.1 Å². The monoisotopic (exact) mass is 307 g/mol. The molecule has 5 heteroatoms. The van der Waals surface area contributed by atoms with Crippen molar-refractivity contribution in [2.45, 2.75) is 12.8 Å². The molecule has 1 N–H and O–H groups in total. The van der Waals surface area contributed by atoms with E-state index < -0.39 is 0 Å². The Morgan fingerprint density at radius 3 is 2.39 bits per heavy atom. The number of nitrogens with zero attached hydrogens (tertiary/aromatic N) is 2. The average Bonchev–Trinajstić information content (AvgIpc) is 3.05. The molecule has 0 fully saturated rings. The van der Waals surface area contributed by atoms with E-state index in [4.69, 9.17) is 4.42 Å². The highest BCUT2D eigenvalue weighted by atomic mass is 16.4. The van der Waals surface area contributed by atoms with Gasteiger partial charge >= 0.3 is 0 Å². The first kappa shape index (κ1) is 15.0. The number of carbonyl (C=O) groups excluding carboxylic acids is 1. The molecule has 0 saturated heterocycles. The number of aromatic nitrogens is 2. The third-order valence-corrected chi connectivity index (χ3v) is 3.36. The van der Waals surface area contributed by atoms with Gasteiger partial charge in [0.15, 0.2) is 0 Å². The molecule has 5 nitrogen and oxygen atoms in total. The number of benzene rings is 2. The zero-order valence-corrected chi connectivity index (χ0v) is 12.6. The van der Waals surface area contributed by atoms with Gasteiger partial charge in [-0.25, -0.2) is 0 Å². The van der Waals surface area contributed by atoms with Crippen molar-refractivity contribution in [3.05, 3.63) is 72.1 Å². The van der Waals surface area contributed by atoms with Crippen LogP contribution in [0.2, 0.25) is 0 Å². The first-order valence-corrected chi connectivity index (χ1v) is 7.50. The summed E-state index contributed by atoms with van der Waals surface area (Å²) in [6, 6.07) is 19.2. The van der Waals surface area contributed by atoms with Gasteiger partial charge in [-0.05, 0) is 17.7 Å². The van der Waals surface area contributed by atoms with Crippen molar-refractivity contribution >= 4 is 5.91 Å². The smallest absolute Gasteiger partial charge is 0.247 e. The van der Waals surface area contributed by atoms with Crippen LogP contribution < -0.4 is 5.32 Å². The van der Waals surface area contributed by atoms with Gasteiger partial charge in [0.05, 0.1) is 6.42 Å². The molecule has 0 bridgehead atoms. The molecular weight excluding hydrogens is 290 g/mol. The summed E-state index contributed by atoms with van der Waals surface area (Å²) in [6.07, 6.45) is 0.889. The van der Waals surface area contributed by atoms with Crippen molar-refractivity contribution in [2.24, 2.45) is 0 Å². The molecule has 0 radical (unpaired) electrons. The van der Waals surface area contributed by atoms with Crippen LogP contribution in [0.3, 0.4) is 0 Å². The average molecular weight is 307 g/mol. The van der Waals surface area contributed by atoms with Crippen LogP contribution in [0, 0.1) is 0 Å². The molecule has 0 aliphatic heterocycles. The summed E-state index contributed by atoms with van der Waals surface area (Å²) >= 11 is 0. The second-order valence-electron chi connectivity index (χ2n) is 5.13. The number of hydrogen-bond donors (Lipinski definition) is 1. The van der Waals surface area contributed by atoms with Gasteiger partial charge in [0.1, 0.15) is 0 Å². The van der Waals surface area contributed by atoms with Crippen LogP contribution in [0.4, 0.5) is 0 Å². The minimum absolute atomic E-state index is 0.0148. The minimum atomic E-state index is -0.0148. The highest BCUT2D eigenvalue weighted by Gasteiger charge is 2.08. The maximum atomic E-state index is 11.9. The van der Waals surface area contributed by atoms with Gasteiger partial charge in [-0.3, -0.25) is 4.79 Å². The Bertz CT molecular complexity index is 754. The largest absolute Gasteiger partial charge is 0.421 e. The van der Waals surface area contributed by atoms with Gasteiger partial charge in [-0.15, -0.1) is 10.2 Å². The topological polar surface area (TPSA) is 68.0 Å². The predicted molar refractivity (Wildman–Crippen MR) is 86.6 cm³/mol. The highest BCUT2D eigenvalue weighted by Crippen LogP contribution is 2.16. The number of nitrogens with one attached hydrogen (secondary N) is 1. The molecule has 3 rings (SSSR count). The van der Waals surface area contributed by atoms with Gasteiger partial charge in [0.2, 0.25) is 17.7 Å². The molecule has 23 heavy (non-hydrogen) atoms. The van der Waals surface area contributed by atoms with Crippen molar-refractivity contribution < 1.29 is 9.21 Å². The number of rotatable bonds is 6. The first-order valence-electron chi connectivity index (χ1n) is 7.50. The molecule has 116 valence electrons. The molecule has 0 unspecified atom stereocenters. The summed E-state index contributed by atoms with van der Waals surface area (Å²) < 4.78 is 5.60. The van der Waals surface area contributed by atoms with E-state index in [0.29, 0.717) is 31.2 Å². The minimum Gasteiger partial charge on any atom is -0.421 e. The first-order chi connectivity index (χ1) is 11.3. The molecule has 0 atom stereocenters. The molecule has 1 amide bonds. The Kier molecular flexibility index (Phi) is 4.79. The van der Waals surface area contributed by atoms with E-state index in [2.05, 4.69) is 15.5 Å². The quantitative estimate of drug-likeness (QED) is 0.760. The van der Waals surface area contributed by atoms with Crippen LogP contribution in [0.1, 0.15) is 11.5 Å². The van der Waals surface area contributed by atoms with Crippen molar-refractivity contribution in [2.75, 3.05) is 6.54 Å². The summed E-state index contributed by atoms with van der Waals surface area (Å²) in [5.74, 6) is 0.999. The van der Waals surface area contributed by atoms with E-state index in [1.165, 1.54) is 0 Å². The Labute approximate surface area is 134 Å². The Morgan fingerprint density at radius 2 is 1.65 bits per heavy atom. The fourth-order valence-corrected chi connectivity index (χ4v) is 2.20. The fourth-order valence-electron chi connectivity index (χ4n) is 2.20. The van der Waals surface area contributed by atoms with Crippen LogP contribution in [0.5, 0.6) is 0 Å². The zero-order valence-electron chi connectivity index (χ0n) is 12.6. The Morgan fingerprint density at radius 1 is 0.957 bits per heavy atom. The maximum absolute atomic E-state index is 11.9. The van der Waals surface area contributed by atoms with Crippen molar-refractivity contribution in [3.8, 4) is 11.5 Å². The molecule has 0 saturated carbocycles. The summed E-state index contributed by atoms with van der Waals surface area (Å²) in [7, 11) is 0. The molecule has 0 aliphatic carbocycles. The fraction of sp³-hybridized carbons (Fsp3) is 0.167. The maximum Gasteiger partial charge on any atom is 0.247 e. The number of hydrogen-bond acceptors (Lipinski definition) is 4. The molecule has 3 aromatic rings. The molecule has 0 spiro atoms. The van der Waals surface area contributed by atoms with E-state index in [0.717, 1.165) is 11.1 Å². The van der Waals surface area contributed by atoms with E-state index in [1.807, 2.05) is 60.7 Å². The van der Waals surface area contributed by atoms with Crippen molar-refractivity contribution in [1.82, 2.24) is 15.5 Å². The third-order valence-electron chi connectivity index (χ3n) is 3.36. The lowest BCUT2D eigenvalue weighted by atomic mass is 10.1. The Balaban J connectivity index is 1.48. The summed E-state index contributed by atoms with van der Waals surface area (Å²) in [4.78, 5) is 11.9. The molecule has 1 aromatic heterocycles. The van der Waals surface area contributed by atoms with Gasteiger partial charge < -0.3 is 9.73 Å². The van der Waals surface area contributed by atoms with Gasteiger partial charge in [-0.1, -0.05) is 48.5 Å². The lowest BCUT2D eigenvalue weighted by molar-refractivity contribution is -0.120. The Hall–Kier alpha value is -2.95. The zero-order chi connectivity index (χ0) is 15.9. The van der Waals surface area contributed by atoms with Crippen LogP contribution in [-0.4, -0.2) is 22.6 Å². The second-order valence-corrected chi connectivity index (χ2v) is 5.13. The standard InChI is InChI=1S/C18H17N3O2/c22-16(13-14-7-3-1-4-8-14)19-12-11-17-20-21-18(23-17)15-9-5-2-6-10-15/h1-10H,11-13H2,(H,19,22). The van der Waals surface area contributed by atoms with Crippen molar-refractivity contribution in [3.63, 3.8) is 0 Å². The number of carbonyl (C=O) groups is 1. The molecule has 2 aromatic carbocycles. The SMILES string of the molecule is O=C(Cc1ccccc1)NCCc1nnc(-c2ccccc2)o1. The summed E-state index contributed by atoms with van der Waals surface area (Å²) in [6.45, 7) is 0.474. The third kappa shape index (κ3) is 4.26. The second kappa shape index (κ2) is 7.35. The van der Waals surface area contributed by atoms with Gasteiger partial charge in [-0.2, -0.15) is 0 Å². The summed E-state index contributed by atoms with van der Waals surface area (Å²) in [5.41, 5.74) is 1.88. The summed E-state index contributed by atoms with van der Waals surface area (Å²) in [5, 5.41) is 10.9. The van der Waals surface area contributed by atoms with E-state index in [1.54, 1.807) is 0 Å². The van der Waals surface area contributed by atoms with Crippen LogP contribution >= 0.6 is 0 Å². The predicted octanol–water partition coefficient (Wildman–Crippen LogP) is 2.64. The lowest BCUT2D eigenvalue weighted by Crippen LogP contribution is -2.27. The molecular formula is C18H17N3O2. The van der Waals surface area contributed by atoms with E-state index in [-0.39, 0.29) is 5.91 Å². The molecule has 1 heterocycles. The van der Waals surface area contributed by atoms with Gasteiger partial charge in [0, 0.05) is 18.5 Å². The van der Waals surface area contributed by atoms with E-state index in [9.17, 15) is 4.79 Å². The van der Waals surface area contributed by atoms with Crippen LogP contribution in [-0.2, 0) is 17.6 Å². The normalized spacial score (nSPS) is 10.4. The number of amides is 1. The van der Waals surface area contributed by atoms with Crippen molar-refractivity contribution in [1.29, 1.82) is 0 Å². The highest BCUT2D eigenvalue weighted by molar-refractivity contribution is 5.78. The van der Waals surface area contributed by atoms with Gasteiger partial charge in [0.25, 0.3) is 0 Å².